The van der Waals surface area contributed by atoms with Crippen LogP contribution < -0.4 is 10.2 Å². The van der Waals surface area contributed by atoms with Gasteiger partial charge in [-0.3, -0.25) is 9.59 Å². The summed E-state index contributed by atoms with van der Waals surface area (Å²) in [5.74, 6) is -0.218. The second-order valence-electron chi connectivity index (χ2n) is 7.04. The van der Waals surface area contributed by atoms with E-state index in [1.54, 1.807) is 0 Å². The monoisotopic (exact) mass is 343 g/mol. The predicted octanol–water partition coefficient (Wildman–Crippen LogP) is 3.12. The van der Waals surface area contributed by atoms with Crippen molar-refractivity contribution in [2.24, 2.45) is 11.8 Å². The van der Waals surface area contributed by atoms with Crippen LogP contribution in [-0.4, -0.2) is 42.9 Å². The number of benzene rings is 1. The van der Waals surface area contributed by atoms with Crippen molar-refractivity contribution in [2.75, 3.05) is 36.4 Å². The number of nitrogens with one attached hydrogen (secondary N) is 1. The van der Waals surface area contributed by atoms with E-state index in [0.717, 1.165) is 18.8 Å². The van der Waals surface area contributed by atoms with Gasteiger partial charge in [-0.15, -0.1) is 0 Å². The van der Waals surface area contributed by atoms with Crippen LogP contribution in [0.1, 0.15) is 39.5 Å². The Bertz CT molecular complexity index is 604. The van der Waals surface area contributed by atoms with Crippen LogP contribution in [0.2, 0.25) is 0 Å². The van der Waals surface area contributed by atoms with E-state index in [4.69, 9.17) is 0 Å². The number of carbonyl (C=O) groups excluding carboxylic acids is 2. The smallest absolute Gasteiger partial charge is 0.228 e. The second-order valence-corrected chi connectivity index (χ2v) is 7.04. The summed E-state index contributed by atoms with van der Waals surface area (Å²) in [6, 6.07) is 8.08. The number of amides is 2. The van der Waals surface area contributed by atoms with Gasteiger partial charge >= 0.3 is 0 Å². The van der Waals surface area contributed by atoms with Crippen LogP contribution in [0.3, 0.4) is 0 Å². The second kappa shape index (κ2) is 7.89. The molecule has 5 nitrogen and oxygen atoms in total. The van der Waals surface area contributed by atoms with Gasteiger partial charge in [0.25, 0.3) is 0 Å². The fourth-order valence-electron chi connectivity index (χ4n) is 3.67. The Labute approximate surface area is 150 Å². The molecule has 25 heavy (non-hydrogen) atoms. The summed E-state index contributed by atoms with van der Waals surface area (Å²) in [6.07, 6.45) is 4.50. The van der Waals surface area contributed by atoms with E-state index in [1.165, 1.54) is 24.9 Å². The van der Waals surface area contributed by atoms with Crippen molar-refractivity contribution < 1.29 is 9.59 Å². The maximum Gasteiger partial charge on any atom is 0.228 e. The molecular formula is C20H29N3O2. The van der Waals surface area contributed by atoms with Gasteiger partial charge in [0, 0.05) is 37.6 Å². The third kappa shape index (κ3) is 4.14. The molecule has 1 aliphatic carbocycles. The highest BCUT2D eigenvalue weighted by Gasteiger charge is 2.49. The molecule has 2 fully saturated rings. The Morgan fingerprint density at radius 2 is 1.68 bits per heavy atom. The Balaban J connectivity index is 1.53. The molecule has 1 heterocycles. The zero-order valence-corrected chi connectivity index (χ0v) is 15.3. The molecule has 0 radical (unpaired) electrons. The average molecular weight is 343 g/mol. The summed E-state index contributed by atoms with van der Waals surface area (Å²) in [4.78, 5) is 28.9. The summed E-state index contributed by atoms with van der Waals surface area (Å²) in [6.45, 7) is 7.59. The number of anilines is 2. The molecule has 1 saturated heterocycles. The fourth-order valence-corrected chi connectivity index (χ4v) is 3.67. The number of carbonyl (C=O) groups is 2. The molecule has 1 aliphatic heterocycles. The van der Waals surface area contributed by atoms with Crippen molar-refractivity contribution in [3.05, 3.63) is 24.3 Å². The van der Waals surface area contributed by atoms with Gasteiger partial charge in [-0.1, -0.05) is 0 Å². The van der Waals surface area contributed by atoms with Gasteiger partial charge in [-0.25, -0.2) is 0 Å². The van der Waals surface area contributed by atoms with Gasteiger partial charge in [0.05, 0.1) is 11.8 Å². The first-order valence-corrected chi connectivity index (χ1v) is 9.58. The number of rotatable bonds is 6. The van der Waals surface area contributed by atoms with Crippen LogP contribution >= 0.6 is 0 Å². The molecule has 1 saturated carbocycles. The largest absolute Gasteiger partial charge is 0.372 e. The molecule has 3 rings (SSSR count). The molecule has 0 spiro atoms. The SMILES string of the molecule is CCN(CC)C(=O)C1CC1C(=O)Nc1ccc(N2CCCCC2)cc1. The normalized spacial score (nSPS) is 22.4. The van der Waals surface area contributed by atoms with Crippen molar-refractivity contribution in [1.82, 2.24) is 4.90 Å². The fraction of sp³-hybridized carbons (Fsp3) is 0.600. The van der Waals surface area contributed by atoms with Crippen LogP contribution in [-0.2, 0) is 9.59 Å². The number of hydrogen-bond donors (Lipinski definition) is 1. The van der Waals surface area contributed by atoms with Crippen molar-refractivity contribution >= 4 is 23.2 Å². The molecular weight excluding hydrogens is 314 g/mol. The third-order valence-electron chi connectivity index (χ3n) is 5.38. The first kappa shape index (κ1) is 17.8. The van der Waals surface area contributed by atoms with E-state index in [1.807, 2.05) is 30.9 Å². The van der Waals surface area contributed by atoms with Gasteiger partial charge in [-0.05, 0) is 63.8 Å². The van der Waals surface area contributed by atoms with Gasteiger partial charge in [0.15, 0.2) is 0 Å². The van der Waals surface area contributed by atoms with Crippen LogP contribution in [0.5, 0.6) is 0 Å². The standard InChI is InChI=1S/C20H29N3O2/c1-3-22(4-2)20(25)18-14-17(18)19(24)21-15-8-10-16(11-9-15)23-12-6-5-7-13-23/h8-11,17-18H,3-7,12-14H2,1-2H3,(H,21,24). The summed E-state index contributed by atoms with van der Waals surface area (Å²) in [7, 11) is 0. The van der Waals surface area contributed by atoms with Crippen molar-refractivity contribution in [3.63, 3.8) is 0 Å². The predicted molar refractivity (Wildman–Crippen MR) is 101 cm³/mol. The zero-order chi connectivity index (χ0) is 17.8. The Hall–Kier alpha value is -2.04. The molecule has 5 heteroatoms. The first-order chi connectivity index (χ1) is 12.1. The summed E-state index contributed by atoms with van der Waals surface area (Å²) >= 11 is 0. The topological polar surface area (TPSA) is 52.7 Å². The van der Waals surface area contributed by atoms with Crippen LogP contribution in [0.4, 0.5) is 11.4 Å². The Kier molecular flexibility index (Phi) is 5.61. The molecule has 2 amide bonds. The van der Waals surface area contributed by atoms with E-state index in [-0.39, 0.29) is 23.7 Å². The molecule has 1 aromatic rings. The average Bonchev–Trinajstić information content (AvgIpc) is 3.45. The minimum atomic E-state index is -0.171. The lowest BCUT2D eigenvalue weighted by molar-refractivity contribution is -0.133. The number of nitrogens with zero attached hydrogens (tertiary/aromatic N) is 2. The van der Waals surface area contributed by atoms with Crippen LogP contribution in [0, 0.1) is 11.8 Å². The molecule has 2 atom stereocenters. The van der Waals surface area contributed by atoms with Gasteiger partial charge in [0.2, 0.25) is 11.8 Å². The molecule has 136 valence electrons. The lowest BCUT2D eigenvalue weighted by atomic mass is 10.1. The van der Waals surface area contributed by atoms with E-state index < -0.39 is 0 Å². The molecule has 0 aromatic heterocycles. The van der Waals surface area contributed by atoms with Gasteiger partial charge < -0.3 is 15.1 Å². The Morgan fingerprint density at radius 1 is 1.04 bits per heavy atom. The van der Waals surface area contributed by atoms with Crippen LogP contribution in [0.25, 0.3) is 0 Å². The minimum Gasteiger partial charge on any atom is -0.372 e. The maximum atomic E-state index is 12.4. The minimum absolute atomic E-state index is 0.0313. The zero-order valence-electron chi connectivity index (χ0n) is 15.3. The van der Waals surface area contributed by atoms with Crippen LogP contribution in [0.15, 0.2) is 24.3 Å². The quantitative estimate of drug-likeness (QED) is 0.863. The van der Waals surface area contributed by atoms with E-state index >= 15 is 0 Å². The maximum absolute atomic E-state index is 12.4. The van der Waals surface area contributed by atoms with E-state index in [0.29, 0.717) is 19.5 Å². The number of piperidine rings is 1. The summed E-state index contributed by atoms with van der Waals surface area (Å²) in [5, 5.41) is 2.97. The lowest BCUT2D eigenvalue weighted by Gasteiger charge is -2.28. The number of hydrogen-bond acceptors (Lipinski definition) is 3. The van der Waals surface area contributed by atoms with E-state index in [9.17, 15) is 9.59 Å². The molecule has 0 bridgehead atoms. The van der Waals surface area contributed by atoms with Crippen molar-refractivity contribution in [3.8, 4) is 0 Å². The first-order valence-electron chi connectivity index (χ1n) is 9.58. The van der Waals surface area contributed by atoms with Crippen molar-refractivity contribution in [2.45, 2.75) is 39.5 Å². The summed E-state index contributed by atoms with van der Waals surface area (Å²) < 4.78 is 0. The highest BCUT2D eigenvalue weighted by atomic mass is 16.2. The third-order valence-corrected chi connectivity index (χ3v) is 5.38. The Morgan fingerprint density at radius 3 is 2.28 bits per heavy atom. The molecule has 1 aromatic carbocycles. The highest BCUT2D eigenvalue weighted by Crippen LogP contribution is 2.40. The molecule has 2 unspecified atom stereocenters. The molecule has 1 N–H and O–H groups in total. The van der Waals surface area contributed by atoms with E-state index in [2.05, 4.69) is 22.3 Å². The highest BCUT2D eigenvalue weighted by molar-refractivity contribution is 5.99. The summed E-state index contributed by atoms with van der Waals surface area (Å²) in [5.41, 5.74) is 2.03. The lowest BCUT2D eigenvalue weighted by Crippen LogP contribution is -2.33. The van der Waals surface area contributed by atoms with Gasteiger partial charge in [0.1, 0.15) is 0 Å². The van der Waals surface area contributed by atoms with Gasteiger partial charge in [-0.2, -0.15) is 0 Å². The van der Waals surface area contributed by atoms with Crippen molar-refractivity contribution in [1.29, 1.82) is 0 Å². The molecule has 2 aliphatic rings.